The molecule has 0 aliphatic carbocycles. The summed E-state index contributed by atoms with van der Waals surface area (Å²) in [6.07, 6.45) is 6.29. The fourth-order valence-electron chi connectivity index (χ4n) is 1.66. The topological polar surface area (TPSA) is 69.0 Å². The molecular weight excluding hydrogens is 268 g/mol. The summed E-state index contributed by atoms with van der Waals surface area (Å²) in [5.74, 6) is 0.971. The molecule has 0 aliphatic heterocycles. The molecule has 2 rings (SSSR count). The van der Waals surface area contributed by atoms with E-state index < -0.39 is 6.10 Å². The highest BCUT2D eigenvalue weighted by Crippen LogP contribution is 2.10. The monoisotopic (exact) mass is 288 g/mol. The van der Waals surface area contributed by atoms with Gasteiger partial charge in [-0.25, -0.2) is 9.97 Å². The van der Waals surface area contributed by atoms with Crippen LogP contribution in [0.5, 0.6) is 0 Å². The van der Waals surface area contributed by atoms with E-state index in [-0.39, 0.29) is 5.91 Å². The van der Waals surface area contributed by atoms with Crippen LogP contribution in [-0.2, 0) is 9.53 Å². The van der Waals surface area contributed by atoms with Gasteiger partial charge >= 0.3 is 0 Å². The second kappa shape index (κ2) is 6.99. The molecule has 112 valence electrons. The summed E-state index contributed by atoms with van der Waals surface area (Å²) in [4.78, 5) is 20.2. The first-order valence-corrected chi connectivity index (χ1v) is 6.93. The van der Waals surface area contributed by atoms with E-state index in [4.69, 9.17) is 4.74 Å². The number of carbonyl (C=O) groups excluding carboxylic acids is 1. The number of hydrogen-bond acceptors (Lipinski definition) is 4. The Bertz CT molecular complexity index is 564. The van der Waals surface area contributed by atoms with E-state index in [0.717, 1.165) is 5.82 Å². The SMILES string of the molecule is CC(C)CO[C@H](C)C(=O)Nc1ccc(-n2ccnc2)nc1. The fraction of sp³-hybridized carbons (Fsp3) is 0.400. The Kier molecular flexibility index (Phi) is 5.05. The molecule has 0 radical (unpaired) electrons. The highest BCUT2D eigenvalue weighted by molar-refractivity contribution is 5.93. The van der Waals surface area contributed by atoms with Crippen LogP contribution in [0.2, 0.25) is 0 Å². The lowest BCUT2D eigenvalue weighted by atomic mass is 10.2. The summed E-state index contributed by atoms with van der Waals surface area (Å²) in [5, 5.41) is 2.79. The van der Waals surface area contributed by atoms with Crippen LogP contribution in [0, 0.1) is 5.92 Å². The van der Waals surface area contributed by atoms with Crippen LogP contribution >= 0.6 is 0 Å². The zero-order chi connectivity index (χ0) is 15.2. The molecule has 0 bridgehead atoms. The number of hydrogen-bond donors (Lipinski definition) is 1. The Balaban J connectivity index is 1.92. The summed E-state index contributed by atoms with van der Waals surface area (Å²) in [6.45, 7) is 6.39. The van der Waals surface area contributed by atoms with Crippen LogP contribution in [0.1, 0.15) is 20.8 Å². The quantitative estimate of drug-likeness (QED) is 0.885. The second-order valence-electron chi connectivity index (χ2n) is 5.23. The molecule has 1 amide bonds. The van der Waals surface area contributed by atoms with Crippen molar-refractivity contribution in [2.45, 2.75) is 26.9 Å². The summed E-state index contributed by atoms with van der Waals surface area (Å²) in [5.41, 5.74) is 0.642. The van der Waals surface area contributed by atoms with Gasteiger partial charge < -0.3 is 10.1 Å². The van der Waals surface area contributed by atoms with Crippen molar-refractivity contribution in [3.63, 3.8) is 0 Å². The van der Waals surface area contributed by atoms with Crippen molar-refractivity contribution in [3.8, 4) is 5.82 Å². The van der Waals surface area contributed by atoms with Crippen molar-refractivity contribution in [1.29, 1.82) is 0 Å². The lowest BCUT2D eigenvalue weighted by molar-refractivity contribution is -0.126. The highest BCUT2D eigenvalue weighted by atomic mass is 16.5. The lowest BCUT2D eigenvalue weighted by Gasteiger charge is -2.14. The van der Waals surface area contributed by atoms with Crippen molar-refractivity contribution in [2.24, 2.45) is 5.92 Å². The van der Waals surface area contributed by atoms with Crippen molar-refractivity contribution in [1.82, 2.24) is 14.5 Å². The summed E-state index contributed by atoms with van der Waals surface area (Å²) >= 11 is 0. The minimum atomic E-state index is -0.485. The Morgan fingerprint density at radius 1 is 1.38 bits per heavy atom. The van der Waals surface area contributed by atoms with Crippen LogP contribution in [0.25, 0.3) is 5.82 Å². The zero-order valence-electron chi connectivity index (χ0n) is 12.5. The number of pyridine rings is 1. The molecule has 2 aromatic rings. The molecule has 2 heterocycles. The fourth-order valence-corrected chi connectivity index (χ4v) is 1.66. The van der Waals surface area contributed by atoms with E-state index in [1.807, 2.05) is 26.1 Å². The average Bonchev–Trinajstić information content (AvgIpc) is 2.99. The van der Waals surface area contributed by atoms with Gasteiger partial charge in [0.1, 0.15) is 18.2 Å². The van der Waals surface area contributed by atoms with Crippen LogP contribution in [-0.4, -0.2) is 33.2 Å². The predicted molar refractivity (Wildman–Crippen MR) is 80.2 cm³/mol. The molecule has 1 N–H and O–H groups in total. The van der Waals surface area contributed by atoms with E-state index in [1.165, 1.54) is 0 Å². The van der Waals surface area contributed by atoms with E-state index in [2.05, 4.69) is 15.3 Å². The van der Waals surface area contributed by atoms with Crippen LogP contribution in [0.4, 0.5) is 5.69 Å². The second-order valence-corrected chi connectivity index (χ2v) is 5.23. The number of carbonyl (C=O) groups is 1. The largest absolute Gasteiger partial charge is 0.368 e. The number of imidazole rings is 1. The Morgan fingerprint density at radius 2 is 2.19 bits per heavy atom. The number of aromatic nitrogens is 3. The zero-order valence-corrected chi connectivity index (χ0v) is 12.5. The predicted octanol–water partition coefficient (Wildman–Crippen LogP) is 2.27. The van der Waals surface area contributed by atoms with Crippen molar-refractivity contribution >= 4 is 11.6 Å². The van der Waals surface area contributed by atoms with Crippen molar-refractivity contribution in [3.05, 3.63) is 37.1 Å². The molecule has 0 aliphatic rings. The van der Waals surface area contributed by atoms with Crippen LogP contribution < -0.4 is 5.32 Å². The first-order chi connectivity index (χ1) is 10.1. The minimum Gasteiger partial charge on any atom is -0.368 e. The number of amides is 1. The number of nitrogens with one attached hydrogen (secondary N) is 1. The van der Waals surface area contributed by atoms with Gasteiger partial charge in [-0.3, -0.25) is 9.36 Å². The molecular formula is C15H20N4O2. The Morgan fingerprint density at radius 3 is 2.76 bits per heavy atom. The maximum absolute atomic E-state index is 12.0. The summed E-state index contributed by atoms with van der Waals surface area (Å²) in [7, 11) is 0. The van der Waals surface area contributed by atoms with E-state index in [1.54, 1.807) is 36.3 Å². The van der Waals surface area contributed by atoms with Gasteiger partial charge in [-0.2, -0.15) is 0 Å². The van der Waals surface area contributed by atoms with Gasteiger partial charge in [-0.05, 0) is 25.0 Å². The molecule has 0 spiro atoms. The Hall–Kier alpha value is -2.21. The van der Waals surface area contributed by atoms with Gasteiger partial charge in [0.05, 0.1) is 11.9 Å². The smallest absolute Gasteiger partial charge is 0.253 e. The van der Waals surface area contributed by atoms with Crippen molar-refractivity contribution < 1.29 is 9.53 Å². The molecule has 6 nitrogen and oxygen atoms in total. The maximum Gasteiger partial charge on any atom is 0.253 e. The third-order valence-corrected chi connectivity index (χ3v) is 2.83. The van der Waals surface area contributed by atoms with E-state index in [9.17, 15) is 4.79 Å². The van der Waals surface area contributed by atoms with Crippen molar-refractivity contribution in [2.75, 3.05) is 11.9 Å². The molecule has 0 unspecified atom stereocenters. The highest BCUT2D eigenvalue weighted by Gasteiger charge is 2.14. The number of ether oxygens (including phenoxy) is 1. The van der Waals surface area contributed by atoms with Gasteiger partial charge in [0.2, 0.25) is 0 Å². The molecule has 0 saturated heterocycles. The van der Waals surface area contributed by atoms with Crippen LogP contribution in [0.15, 0.2) is 37.1 Å². The third-order valence-electron chi connectivity index (χ3n) is 2.83. The summed E-state index contributed by atoms with van der Waals surface area (Å²) < 4.78 is 7.27. The van der Waals surface area contributed by atoms with Gasteiger partial charge in [0.25, 0.3) is 5.91 Å². The molecule has 1 atom stereocenters. The van der Waals surface area contributed by atoms with Gasteiger partial charge in [-0.15, -0.1) is 0 Å². The number of rotatable bonds is 6. The summed E-state index contributed by atoms with van der Waals surface area (Å²) in [6, 6.07) is 3.62. The van der Waals surface area contributed by atoms with Gasteiger partial charge in [-0.1, -0.05) is 13.8 Å². The minimum absolute atomic E-state index is 0.173. The van der Waals surface area contributed by atoms with Gasteiger partial charge in [0, 0.05) is 19.0 Å². The van der Waals surface area contributed by atoms with E-state index in [0.29, 0.717) is 18.2 Å². The standard InChI is InChI=1S/C15H20N4O2/c1-11(2)9-21-12(3)15(20)18-13-4-5-14(17-8-13)19-7-6-16-10-19/h4-8,10-12H,9H2,1-3H3,(H,18,20)/t12-/m1/s1. The van der Waals surface area contributed by atoms with E-state index >= 15 is 0 Å². The number of nitrogens with zero attached hydrogens (tertiary/aromatic N) is 3. The molecule has 2 aromatic heterocycles. The molecule has 0 aromatic carbocycles. The Labute approximate surface area is 124 Å². The third kappa shape index (κ3) is 4.39. The van der Waals surface area contributed by atoms with Gasteiger partial charge in [0.15, 0.2) is 0 Å². The molecule has 6 heteroatoms. The first kappa shape index (κ1) is 15.2. The first-order valence-electron chi connectivity index (χ1n) is 6.93. The average molecular weight is 288 g/mol. The van der Waals surface area contributed by atoms with Crippen LogP contribution in [0.3, 0.4) is 0 Å². The number of anilines is 1. The lowest BCUT2D eigenvalue weighted by Crippen LogP contribution is -2.29. The maximum atomic E-state index is 12.0. The normalized spacial score (nSPS) is 12.4. The molecule has 0 saturated carbocycles. The molecule has 21 heavy (non-hydrogen) atoms. The molecule has 0 fully saturated rings.